The first-order chi connectivity index (χ1) is 15.6. The van der Waals surface area contributed by atoms with Crippen molar-refractivity contribution in [1.82, 2.24) is 9.61 Å². The molecule has 2 aromatic carbocycles. The monoisotopic (exact) mass is 429 g/mol. The molecule has 0 radical (unpaired) electrons. The highest BCUT2D eigenvalue weighted by molar-refractivity contribution is 5.98. The van der Waals surface area contributed by atoms with Crippen molar-refractivity contribution < 1.29 is 19.1 Å². The lowest BCUT2D eigenvalue weighted by Gasteiger charge is -2.12. The predicted molar refractivity (Wildman–Crippen MR) is 121 cm³/mol. The van der Waals surface area contributed by atoms with E-state index in [4.69, 9.17) is 9.47 Å². The molecule has 2 aromatic heterocycles. The lowest BCUT2D eigenvalue weighted by molar-refractivity contribution is -0.118. The Kier molecular flexibility index (Phi) is 6.46. The van der Waals surface area contributed by atoms with Crippen molar-refractivity contribution in [2.45, 2.75) is 13.3 Å². The molecule has 4 aromatic rings. The second-order valence-electron chi connectivity index (χ2n) is 7.13. The molecule has 32 heavy (non-hydrogen) atoms. The fraction of sp³-hybridized carbons (Fsp3) is 0.160. The van der Waals surface area contributed by atoms with Gasteiger partial charge in [0.05, 0.1) is 18.3 Å². The van der Waals surface area contributed by atoms with E-state index in [1.54, 1.807) is 29.8 Å². The van der Waals surface area contributed by atoms with E-state index < -0.39 is 5.97 Å². The van der Waals surface area contributed by atoms with Gasteiger partial charge in [-0.05, 0) is 36.2 Å². The van der Waals surface area contributed by atoms with Crippen LogP contribution in [0.15, 0.2) is 79.1 Å². The predicted octanol–water partition coefficient (Wildman–Crippen LogP) is 4.12. The van der Waals surface area contributed by atoms with Gasteiger partial charge in [0.2, 0.25) is 0 Å². The number of rotatable bonds is 8. The van der Waals surface area contributed by atoms with Crippen LogP contribution in [0.2, 0.25) is 0 Å². The Morgan fingerprint density at radius 1 is 1.03 bits per heavy atom. The van der Waals surface area contributed by atoms with Gasteiger partial charge in [-0.15, -0.1) is 0 Å². The van der Waals surface area contributed by atoms with Crippen LogP contribution in [0.5, 0.6) is 5.75 Å². The molecule has 0 spiro atoms. The quantitative estimate of drug-likeness (QED) is 0.426. The summed E-state index contributed by atoms with van der Waals surface area (Å²) in [6.45, 7) is 1.88. The third kappa shape index (κ3) is 4.95. The topological polar surface area (TPSA) is 81.9 Å². The van der Waals surface area contributed by atoms with Crippen LogP contribution in [0.1, 0.15) is 28.4 Å². The van der Waals surface area contributed by atoms with Gasteiger partial charge in [-0.3, -0.25) is 4.79 Å². The number of nitrogens with one attached hydrogen (secondary N) is 1. The summed E-state index contributed by atoms with van der Waals surface area (Å²) in [6, 6.07) is 21.2. The minimum atomic E-state index is -0.454. The number of amides is 1. The second kappa shape index (κ2) is 9.78. The minimum Gasteiger partial charge on any atom is -0.483 e. The molecular weight excluding hydrogens is 406 g/mol. The molecule has 4 rings (SSSR count). The van der Waals surface area contributed by atoms with Gasteiger partial charge in [-0.25, -0.2) is 9.31 Å². The zero-order valence-corrected chi connectivity index (χ0v) is 17.7. The Hall–Kier alpha value is -4.13. The number of anilines is 1. The van der Waals surface area contributed by atoms with Crippen molar-refractivity contribution in [2.24, 2.45) is 0 Å². The van der Waals surface area contributed by atoms with Crippen LogP contribution in [-0.2, 0) is 16.0 Å². The first-order valence-electron chi connectivity index (χ1n) is 10.3. The number of para-hydroxylation sites is 1. The lowest BCUT2D eigenvalue weighted by atomic mass is 10.0. The molecule has 162 valence electrons. The maximum absolute atomic E-state index is 12.5. The molecule has 0 aliphatic rings. The van der Waals surface area contributed by atoms with Gasteiger partial charge in [0.15, 0.2) is 6.61 Å². The van der Waals surface area contributed by atoms with Crippen LogP contribution in [-0.4, -0.2) is 34.7 Å². The molecule has 0 saturated heterocycles. The van der Waals surface area contributed by atoms with Crippen LogP contribution >= 0.6 is 0 Å². The van der Waals surface area contributed by atoms with Crippen LogP contribution in [0.4, 0.5) is 5.69 Å². The van der Waals surface area contributed by atoms with Crippen LogP contribution in [0.25, 0.3) is 5.52 Å². The van der Waals surface area contributed by atoms with Crippen LogP contribution in [0.3, 0.4) is 0 Å². The number of pyridine rings is 1. The fourth-order valence-corrected chi connectivity index (χ4v) is 3.37. The summed E-state index contributed by atoms with van der Waals surface area (Å²) in [7, 11) is 0. The number of hydrogen-bond acceptors (Lipinski definition) is 5. The van der Waals surface area contributed by atoms with Gasteiger partial charge < -0.3 is 14.8 Å². The average molecular weight is 429 g/mol. The summed E-state index contributed by atoms with van der Waals surface area (Å²) in [5.41, 5.74) is 3.60. The highest BCUT2D eigenvalue weighted by Crippen LogP contribution is 2.22. The van der Waals surface area contributed by atoms with E-state index in [0.717, 1.165) is 5.56 Å². The normalized spacial score (nSPS) is 10.7. The number of nitrogens with zero attached hydrogens (tertiary/aromatic N) is 2. The SMILES string of the molecule is CCOC(=O)c1cnn2ccc(NC(=O)COc3ccccc3Cc3ccccc3)cc12. The number of benzene rings is 2. The Morgan fingerprint density at radius 3 is 2.62 bits per heavy atom. The Labute approximate surface area is 185 Å². The average Bonchev–Trinajstić information content (AvgIpc) is 3.23. The van der Waals surface area contributed by atoms with E-state index in [2.05, 4.69) is 22.5 Å². The summed E-state index contributed by atoms with van der Waals surface area (Å²) in [5, 5.41) is 6.94. The van der Waals surface area contributed by atoms with Crippen LogP contribution < -0.4 is 10.1 Å². The van der Waals surface area contributed by atoms with Gasteiger partial charge in [-0.1, -0.05) is 48.5 Å². The largest absolute Gasteiger partial charge is 0.483 e. The standard InChI is InChI=1S/C25H23N3O4/c1-2-31-25(30)21-16-26-28-13-12-20(15-22(21)28)27-24(29)17-32-23-11-7-6-10-19(23)14-18-8-4-3-5-9-18/h3-13,15-16H,2,14,17H2,1H3,(H,27,29). The number of hydrogen-bond donors (Lipinski definition) is 1. The second-order valence-corrected chi connectivity index (χ2v) is 7.13. The first kappa shape index (κ1) is 21.1. The molecular formula is C25H23N3O4. The number of aromatic nitrogens is 2. The smallest absolute Gasteiger partial charge is 0.341 e. The maximum atomic E-state index is 12.5. The zero-order valence-electron chi connectivity index (χ0n) is 17.7. The summed E-state index contributed by atoms with van der Waals surface area (Å²) < 4.78 is 12.4. The van der Waals surface area contributed by atoms with E-state index in [-0.39, 0.29) is 19.1 Å². The summed E-state index contributed by atoms with van der Waals surface area (Å²) in [6.07, 6.45) is 3.84. The van der Waals surface area contributed by atoms with E-state index in [1.807, 2.05) is 42.5 Å². The molecule has 0 aliphatic heterocycles. The fourth-order valence-electron chi connectivity index (χ4n) is 3.37. The van der Waals surface area contributed by atoms with Crippen LogP contribution in [0, 0.1) is 0 Å². The van der Waals surface area contributed by atoms with Crippen molar-refractivity contribution in [3.63, 3.8) is 0 Å². The van der Waals surface area contributed by atoms with Gasteiger partial charge >= 0.3 is 5.97 Å². The highest BCUT2D eigenvalue weighted by Gasteiger charge is 2.15. The van der Waals surface area contributed by atoms with E-state index in [1.165, 1.54) is 11.8 Å². The summed E-state index contributed by atoms with van der Waals surface area (Å²) >= 11 is 0. The van der Waals surface area contributed by atoms with E-state index in [0.29, 0.717) is 28.9 Å². The van der Waals surface area contributed by atoms with Crippen molar-refractivity contribution in [3.05, 3.63) is 95.8 Å². The molecule has 0 aliphatic carbocycles. The third-order valence-corrected chi connectivity index (χ3v) is 4.87. The number of carbonyl (C=O) groups is 2. The molecule has 7 heteroatoms. The van der Waals surface area contributed by atoms with Crippen molar-refractivity contribution in [2.75, 3.05) is 18.5 Å². The molecule has 0 bridgehead atoms. The Morgan fingerprint density at radius 2 is 1.81 bits per heavy atom. The molecule has 0 atom stereocenters. The van der Waals surface area contributed by atoms with Gasteiger partial charge in [0, 0.05) is 18.3 Å². The molecule has 0 unspecified atom stereocenters. The minimum absolute atomic E-state index is 0.138. The Balaban J connectivity index is 1.42. The molecule has 0 saturated carbocycles. The summed E-state index contributed by atoms with van der Waals surface area (Å²) in [5.74, 6) is -0.0901. The molecule has 2 heterocycles. The third-order valence-electron chi connectivity index (χ3n) is 4.87. The van der Waals surface area contributed by atoms with Crippen molar-refractivity contribution in [1.29, 1.82) is 0 Å². The van der Waals surface area contributed by atoms with E-state index in [9.17, 15) is 9.59 Å². The number of ether oxygens (including phenoxy) is 2. The van der Waals surface area contributed by atoms with Gasteiger partial charge in [0.25, 0.3) is 5.91 Å². The first-order valence-corrected chi connectivity index (χ1v) is 10.3. The number of fused-ring (bicyclic) bond motifs is 1. The zero-order chi connectivity index (χ0) is 22.3. The molecule has 1 N–H and O–H groups in total. The van der Waals surface area contributed by atoms with Gasteiger partial charge in [0.1, 0.15) is 11.3 Å². The van der Waals surface area contributed by atoms with Crippen molar-refractivity contribution >= 4 is 23.1 Å². The molecule has 7 nitrogen and oxygen atoms in total. The Bertz CT molecular complexity index is 1230. The molecule has 0 fully saturated rings. The maximum Gasteiger partial charge on any atom is 0.341 e. The summed E-state index contributed by atoms with van der Waals surface area (Å²) in [4.78, 5) is 24.6. The van der Waals surface area contributed by atoms with Crippen molar-refractivity contribution in [3.8, 4) is 5.75 Å². The molecule has 1 amide bonds. The van der Waals surface area contributed by atoms with Gasteiger partial charge in [-0.2, -0.15) is 5.10 Å². The highest BCUT2D eigenvalue weighted by atomic mass is 16.5. The lowest BCUT2D eigenvalue weighted by Crippen LogP contribution is -2.20. The number of carbonyl (C=O) groups excluding carboxylic acids is 2. The van der Waals surface area contributed by atoms with E-state index >= 15 is 0 Å². The number of esters is 1.